The minimum Gasteiger partial charge on any atom is -0.307 e. The van der Waals surface area contributed by atoms with Crippen LogP contribution in [0.3, 0.4) is 0 Å². The summed E-state index contributed by atoms with van der Waals surface area (Å²) in [5, 5.41) is 3.63. The van der Waals surface area contributed by atoms with Gasteiger partial charge in [0, 0.05) is 26.7 Å². The molecule has 2 aromatic heterocycles. The Hall–Kier alpha value is -0.350. The molecular formula is C14H18ClNS2. The van der Waals surface area contributed by atoms with Crippen LogP contribution < -0.4 is 5.32 Å². The second-order valence-electron chi connectivity index (χ2n) is 4.65. The van der Waals surface area contributed by atoms with E-state index in [1.165, 1.54) is 14.6 Å². The second-order valence-corrected chi connectivity index (χ2v) is 7.77. The van der Waals surface area contributed by atoms with Crippen LogP contribution in [0.25, 0.3) is 0 Å². The fraction of sp³-hybridized carbons (Fsp3) is 0.429. The molecule has 0 radical (unpaired) electrons. The summed E-state index contributed by atoms with van der Waals surface area (Å²) in [6.07, 6.45) is 1.09. The quantitative estimate of drug-likeness (QED) is 0.814. The molecular weight excluding hydrogens is 282 g/mol. The Bertz CT molecular complexity index is 503. The third-order valence-corrected chi connectivity index (χ3v) is 5.30. The lowest BCUT2D eigenvalue weighted by molar-refractivity contribution is 0.484. The zero-order valence-electron chi connectivity index (χ0n) is 10.9. The van der Waals surface area contributed by atoms with Crippen LogP contribution in [-0.4, -0.2) is 6.04 Å². The molecule has 0 aromatic carbocycles. The Morgan fingerprint density at radius 3 is 2.50 bits per heavy atom. The van der Waals surface area contributed by atoms with Crippen molar-refractivity contribution in [2.24, 2.45) is 0 Å². The molecule has 2 unspecified atom stereocenters. The molecule has 2 aromatic rings. The van der Waals surface area contributed by atoms with Gasteiger partial charge in [-0.15, -0.1) is 22.7 Å². The molecule has 0 bridgehead atoms. The Balaban J connectivity index is 1.89. The largest absolute Gasteiger partial charge is 0.307 e. The maximum atomic E-state index is 5.97. The number of hydrogen-bond acceptors (Lipinski definition) is 3. The summed E-state index contributed by atoms with van der Waals surface area (Å²) >= 11 is 9.50. The highest BCUT2D eigenvalue weighted by molar-refractivity contribution is 7.16. The first-order valence-corrected chi connectivity index (χ1v) is 8.12. The molecule has 1 N–H and O–H groups in total. The highest BCUT2D eigenvalue weighted by Crippen LogP contribution is 2.27. The second kappa shape index (κ2) is 6.20. The van der Waals surface area contributed by atoms with Crippen LogP contribution in [0.1, 0.15) is 34.5 Å². The summed E-state index contributed by atoms with van der Waals surface area (Å²) < 4.78 is 0.861. The van der Waals surface area contributed by atoms with Crippen LogP contribution in [0.2, 0.25) is 4.34 Å². The van der Waals surface area contributed by atoms with E-state index >= 15 is 0 Å². The first-order chi connectivity index (χ1) is 8.54. The fourth-order valence-electron chi connectivity index (χ4n) is 2.03. The zero-order chi connectivity index (χ0) is 13.1. The van der Waals surface area contributed by atoms with Gasteiger partial charge in [0.1, 0.15) is 0 Å². The Morgan fingerprint density at radius 2 is 1.94 bits per heavy atom. The molecule has 0 aliphatic carbocycles. The first kappa shape index (κ1) is 14.1. The lowest BCUT2D eigenvalue weighted by Crippen LogP contribution is -2.30. The van der Waals surface area contributed by atoms with Gasteiger partial charge in [-0.25, -0.2) is 0 Å². The van der Waals surface area contributed by atoms with E-state index in [1.54, 1.807) is 11.3 Å². The van der Waals surface area contributed by atoms with E-state index in [0.717, 1.165) is 10.8 Å². The molecule has 2 atom stereocenters. The number of rotatable bonds is 5. The number of aryl methyl sites for hydroxylation is 1. The van der Waals surface area contributed by atoms with Crippen molar-refractivity contribution in [3.8, 4) is 0 Å². The van der Waals surface area contributed by atoms with E-state index < -0.39 is 0 Å². The standard InChI is InChI=1S/C14H18ClNS2/c1-9(8-12-5-4-10(2)17-12)16-11(3)13-6-7-14(15)18-13/h4-7,9,11,16H,8H2,1-3H3. The summed E-state index contributed by atoms with van der Waals surface area (Å²) in [6, 6.07) is 9.32. The van der Waals surface area contributed by atoms with Crippen molar-refractivity contribution in [2.75, 3.05) is 0 Å². The minimum absolute atomic E-state index is 0.360. The number of halogens is 1. The minimum atomic E-state index is 0.360. The van der Waals surface area contributed by atoms with Gasteiger partial charge in [0.05, 0.1) is 4.34 Å². The number of hydrogen-bond donors (Lipinski definition) is 1. The van der Waals surface area contributed by atoms with E-state index in [9.17, 15) is 0 Å². The maximum absolute atomic E-state index is 5.97. The Kier molecular flexibility index (Phi) is 4.84. The Morgan fingerprint density at radius 1 is 1.17 bits per heavy atom. The number of thiophene rings is 2. The predicted molar refractivity (Wildman–Crippen MR) is 83.1 cm³/mol. The Labute approximate surface area is 122 Å². The van der Waals surface area contributed by atoms with Crippen LogP contribution in [0.4, 0.5) is 0 Å². The molecule has 98 valence electrons. The van der Waals surface area contributed by atoms with E-state index in [4.69, 9.17) is 11.6 Å². The van der Waals surface area contributed by atoms with Gasteiger partial charge in [-0.2, -0.15) is 0 Å². The van der Waals surface area contributed by atoms with Crippen molar-refractivity contribution >= 4 is 34.3 Å². The van der Waals surface area contributed by atoms with E-state index in [-0.39, 0.29) is 0 Å². The van der Waals surface area contributed by atoms with Crippen molar-refractivity contribution in [3.05, 3.63) is 43.2 Å². The summed E-state index contributed by atoms with van der Waals surface area (Å²) in [7, 11) is 0. The van der Waals surface area contributed by atoms with Gasteiger partial charge < -0.3 is 5.32 Å². The van der Waals surface area contributed by atoms with Gasteiger partial charge >= 0.3 is 0 Å². The summed E-state index contributed by atoms with van der Waals surface area (Å²) in [5.41, 5.74) is 0. The molecule has 0 amide bonds. The normalized spacial score (nSPS) is 14.7. The lowest BCUT2D eigenvalue weighted by atomic mass is 10.1. The van der Waals surface area contributed by atoms with Gasteiger partial charge in [0.25, 0.3) is 0 Å². The molecule has 1 nitrogen and oxygen atoms in total. The van der Waals surface area contributed by atoms with Crippen LogP contribution in [0.5, 0.6) is 0 Å². The van der Waals surface area contributed by atoms with E-state index in [0.29, 0.717) is 12.1 Å². The molecule has 0 aliphatic rings. The third-order valence-electron chi connectivity index (χ3n) is 2.86. The van der Waals surface area contributed by atoms with Crippen LogP contribution in [-0.2, 0) is 6.42 Å². The van der Waals surface area contributed by atoms with Gasteiger partial charge in [-0.05, 0) is 51.5 Å². The molecule has 2 heterocycles. The van der Waals surface area contributed by atoms with Gasteiger partial charge in [-0.3, -0.25) is 0 Å². The molecule has 0 aliphatic heterocycles. The van der Waals surface area contributed by atoms with Crippen molar-refractivity contribution in [1.29, 1.82) is 0 Å². The molecule has 0 saturated carbocycles. The van der Waals surface area contributed by atoms with E-state index in [2.05, 4.69) is 44.3 Å². The van der Waals surface area contributed by atoms with Crippen molar-refractivity contribution in [3.63, 3.8) is 0 Å². The lowest BCUT2D eigenvalue weighted by Gasteiger charge is -2.18. The molecule has 4 heteroatoms. The van der Waals surface area contributed by atoms with Gasteiger partial charge in [0.2, 0.25) is 0 Å². The van der Waals surface area contributed by atoms with Crippen molar-refractivity contribution < 1.29 is 0 Å². The number of nitrogens with one attached hydrogen (secondary N) is 1. The first-order valence-electron chi connectivity index (χ1n) is 6.11. The van der Waals surface area contributed by atoms with Crippen molar-refractivity contribution in [2.45, 2.75) is 39.3 Å². The summed E-state index contributed by atoms with van der Waals surface area (Å²) in [6.45, 7) is 6.58. The van der Waals surface area contributed by atoms with Crippen LogP contribution in [0, 0.1) is 6.92 Å². The molecule has 0 fully saturated rings. The zero-order valence-corrected chi connectivity index (χ0v) is 13.3. The van der Waals surface area contributed by atoms with Gasteiger partial charge in [0.15, 0.2) is 0 Å². The monoisotopic (exact) mass is 299 g/mol. The average Bonchev–Trinajstić information content (AvgIpc) is 2.87. The highest BCUT2D eigenvalue weighted by atomic mass is 35.5. The maximum Gasteiger partial charge on any atom is 0.0931 e. The smallest absolute Gasteiger partial charge is 0.0931 e. The van der Waals surface area contributed by atoms with Crippen molar-refractivity contribution in [1.82, 2.24) is 5.32 Å². The molecule has 18 heavy (non-hydrogen) atoms. The summed E-state index contributed by atoms with van der Waals surface area (Å²) in [5.74, 6) is 0. The average molecular weight is 300 g/mol. The van der Waals surface area contributed by atoms with Gasteiger partial charge in [-0.1, -0.05) is 11.6 Å². The van der Waals surface area contributed by atoms with Crippen LogP contribution in [0.15, 0.2) is 24.3 Å². The third kappa shape index (κ3) is 3.82. The fourth-order valence-corrected chi connectivity index (χ4v) is 4.12. The topological polar surface area (TPSA) is 12.0 Å². The molecule has 2 rings (SSSR count). The summed E-state index contributed by atoms with van der Waals surface area (Å²) in [4.78, 5) is 4.13. The van der Waals surface area contributed by atoms with E-state index in [1.807, 2.05) is 17.4 Å². The highest BCUT2D eigenvalue weighted by Gasteiger charge is 2.12. The molecule has 0 saturated heterocycles. The molecule has 0 spiro atoms. The SMILES string of the molecule is Cc1ccc(CC(C)NC(C)c2ccc(Cl)s2)s1. The predicted octanol–water partition coefficient (Wildman–Crippen LogP) is 5.05. The van der Waals surface area contributed by atoms with Crippen LogP contribution >= 0.6 is 34.3 Å².